The molecule has 2 aliphatic heterocycles. The van der Waals surface area contributed by atoms with Gasteiger partial charge >= 0.3 is 5.97 Å². The highest BCUT2D eigenvalue weighted by Crippen LogP contribution is 2.29. The monoisotopic (exact) mass is 240 g/mol. The molecular formula is C13H24N2O2. The Bertz CT molecular complexity index is 283. The maximum absolute atomic E-state index is 11.2. The van der Waals surface area contributed by atoms with E-state index in [1.165, 1.54) is 6.42 Å². The molecule has 2 saturated heterocycles. The molecular weight excluding hydrogens is 216 g/mol. The minimum absolute atomic E-state index is 0.151. The van der Waals surface area contributed by atoms with Gasteiger partial charge in [0, 0.05) is 18.1 Å². The number of nitrogens with one attached hydrogen (secondary N) is 2. The smallest absolute Gasteiger partial charge is 0.306 e. The normalized spacial score (nSPS) is 43.3. The predicted molar refractivity (Wildman–Crippen MR) is 66.9 cm³/mol. The highest BCUT2D eigenvalue weighted by Gasteiger charge is 2.35. The summed E-state index contributed by atoms with van der Waals surface area (Å²) in [6.07, 6.45) is 3.90. The Morgan fingerprint density at radius 1 is 1.18 bits per heavy atom. The van der Waals surface area contributed by atoms with E-state index in [1.54, 1.807) is 0 Å². The van der Waals surface area contributed by atoms with Gasteiger partial charge < -0.3 is 15.7 Å². The third-order valence-corrected chi connectivity index (χ3v) is 4.26. The first-order valence-electron chi connectivity index (χ1n) is 6.78. The van der Waals surface area contributed by atoms with Gasteiger partial charge in [0.15, 0.2) is 0 Å². The third-order valence-electron chi connectivity index (χ3n) is 4.26. The Morgan fingerprint density at radius 3 is 2.59 bits per heavy atom. The number of aliphatic carboxylic acids is 1. The van der Waals surface area contributed by atoms with Crippen molar-refractivity contribution < 1.29 is 9.90 Å². The van der Waals surface area contributed by atoms with Crippen molar-refractivity contribution in [3.05, 3.63) is 0 Å². The lowest BCUT2D eigenvalue weighted by atomic mass is 9.78. The molecule has 0 aromatic heterocycles. The van der Waals surface area contributed by atoms with Crippen molar-refractivity contribution in [1.29, 1.82) is 0 Å². The first kappa shape index (κ1) is 12.8. The topological polar surface area (TPSA) is 61.4 Å². The zero-order chi connectivity index (χ0) is 12.4. The molecule has 5 atom stereocenters. The molecule has 0 radical (unpaired) electrons. The Labute approximate surface area is 103 Å². The highest BCUT2D eigenvalue weighted by molar-refractivity contribution is 5.70. The third kappa shape index (κ3) is 3.19. The molecule has 98 valence electrons. The van der Waals surface area contributed by atoms with Crippen LogP contribution in [-0.2, 0) is 4.79 Å². The summed E-state index contributed by atoms with van der Waals surface area (Å²) in [6.45, 7) is 5.38. The van der Waals surface area contributed by atoms with Crippen LogP contribution in [-0.4, -0.2) is 35.7 Å². The Kier molecular flexibility index (Phi) is 4.05. The van der Waals surface area contributed by atoms with Crippen molar-refractivity contribution in [1.82, 2.24) is 10.6 Å². The largest absolute Gasteiger partial charge is 0.481 e. The number of hydrogen-bond donors (Lipinski definition) is 3. The van der Waals surface area contributed by atoms with Crippen LogP contribution < -0.4 is 10.6 Å². The fourth-order valence-corrected chi connectivity index (χ4v) is 3.40. The second-order valence-electron chi connectivity index (χ2n) is 5.82. The summed E-state index contributed by atoms with van der Waals surface area (Å²) in [4.78, 5) is 11.2. The van der Waals surface area contributed by atoms with Gasteiger partial charge in [-0.25, -0.2) is 0 Å². The maximum Gasteiger partial charge on any atom is 0.306 e. The van der Waals surface area contributed by atoms with Crippen LogP contribution in [0.3, 0.4) is 0 Å². The summed E-state index contributed by atoms with van der Waals surface area (Å²) in [7, 11) is 0. The lowest BCUT2D eigenvalue weighted by Crippen LogP contribution is -2.52. The van der Waals surface area contributed by atoms with Crippen molar-refractivity contribution >= 4 is 5.97 Å². The SMILES string of the molecule is CC1CC(C2CC(C(=O)O)CC(C)N2)CCN1. The van der Waals surface area contributed by atoms with Crippen molar-refractivity contribution in [3.8, 4) is 0 Å². The molecule has 2 heterocycles. The van der Waals surface area contributed by atoms with E-state index in [0.29, 0.717) is 24.0 Å². The van der Waals surface area contributed by atoms with Crippen LogP contribution in [0.5, 0.6) is 0 Å². The second-order valence-corrected chi connectivity index (χ2v) is 5.82. The average molecular weight is 240 g/mol. The lowest BCUT2D eigenvalue weighted by molar-refractivity contribution is -0.143. The summed E-state index contributed by atoms with van der Waals surface area (Å²) >= 11 is 0. The molecule has 3 N–H and O–H groups in total. The number of carboxylic acid groups (broad SMARTS) is 1. The van der Waals surface area contributed by atoms with E-state index in [1.807, 2.05) is 0 Å². The second kappa shape index (κ2) is 5.36. The summed E-state index contributed by atoms with van der Waals surface area (Å²) in [5, 5.41) is 16.2. The predicted octanol–water partition coefficient (Wildman–Crippen LogP) is 1.22. The maximum atomic E-state index is 11.2. The number of rotatable bonds is 2. The van der Waals surface area contributed by atoms with Gasteiger partial charge in [-0.05, 0) is 52.0 Å². The molecule has 0 amide bonds. The summed E-state index contributed by atoms with van der Waals surface area (Å²) < 4.78 is 0. The van der Waals surface area contributed by atoms with Gasteiger partial charge in [-0.1, -0.05) is 0 Å². The number of piperidine rings is 2. The van der Waals surface area contributed by atoms with Gasteiger partial charge in [-0.3, -0.25) is 4.79 Å². The van der Waals surface area contributed by atoms with E-state index in [4.69, 9.17) is 0 Å². The van der Waals surface area contributed by atoms with Crippen LogP contribution >= 0.6 is 0 Å². The zero-order valence-corrected chi connectivity index (χ0v) is 10.8. The molecule has 0 aromatic rings. The van der Waals surface area contributed by atoms with Crippen LogP contribution in [0, 0.1) is 11.8 Å². The number of carboxylic acids is 1. The standard InChI is InChI=1S/C13H24N2O2/c1-8-5-10(3-4-14-8)12-7-11(13(16)17)6-9(2)15-12/h8-12,14-15H,3-7H2,1-2H3,(H,16,17). The molecule has 4 heteroatoms. The van der Waals surface area contributed by atoms with Crippen molar-refractivity contribution in [2.75, 3.05) is 6.54 Å². The molecule has 2 aliphatic rings. The minimum atomic E-state index is -0.620. The Hall–Kier alpha value is -0.610. The molecule has 0 aromatic carbocycles. The van der Waals surface area contributed by atoms with Crippen LogP contribution in [0.25, 0.3) is 0 Å². The molecule has 2 fully saturated rings. The van der Waals surface area contributed by atoms with E-state index in [-0.39, 0.29) is 5.92 Å². The zero-order valence-electron chi connectivity index (χ0n) is 10.8. The fraction of sp³-hybridized carbons (Fsp3) is 0.923. The van der Waals surface area contributed by atoms with E-state index < -0.39 is 5.97 Å². The molecule has 0 aliphatic carbocycles. The highest BCUT2D eigenvalue weighted by atomic mass is 16.4. The number of carbonyl (C=O) groups is 1. The van der Waals surface area contributed by atoms with E-state index in [9.17, 15) is 9.90 Å². The van der Waals surface area contributed by atoms with Gasteiger partial charge in [-0.15, -0.1) is 0 Å². The molecule has 2 rings (SSSR count). The van der Waals surface area contributed by atoms with E-state index >= 15 is 0 Å². The molecule has 0 saturated carbocycles. The first-order chi connectivity index (χ1) is 8.06. The van der Waals surface area contributed by atoms with E-state index in [2.05, 4.69) is 24.5 Å². The van der Waals surface area contributed by atoms with Crippen molar-refractivity contribution in [2.24, 2.45) is 11.8 Å². The van der Waals surface area contributed by atoms with E-state index in [0.717, 1.165) is 25.8 Å². The average Bonchev–Trinajstić information content (AvgIpc) is 2.28. The first-order valence-corrected chi connectivity index (χ1v) is 6.78. The van der Waals surface area contributed by atoms with Crippen LogP contribution in [0.1, 0.15) is 39.5 Å². The molecule has 0 spiro atoms. The lowest BCUT2D eigenvalue weighted by Gasteiger charge is -2.40. The summed E-state index contributed by atoms with van der Waals surface area (Å²) in [5.74, 6) is -0.136. The molecule has 17 heavy (non-hydrogen) atoms. The van der Waals surface area contributed by atoms with Gasteiger partial charge in [0.05, 0.1) is 5.92 Å². The molecule has 0 bridgehead atoms. The van der Waals surface area contributed by atoms with Crippen LogP contribution in [0.2, 0.25) is 0 Å². The Balaban J connectivity index is 1.97. The van der Waals surface area contributed by atoms with Crippen LogP contribution in [0.4, 0.5) is 0 Å². The minimum Gasteiger partial charge on any atom is -0.481 e. The van der Waals surface area contributed by atoms with Gasteiger partial charge in [0.1, 0.15) is 0 Å². The summed E-state index contributed by atoms with van der Waals surface area (Å²) in [6, 6.07) is 1.29. The van der Waals surface area contributed by atoms with Crippen LogP contribution in [0.15, 0.2) is 0 Å². The fourth-order valence-electron chi connectivity index (χ4n) is 3.40. The Morgan fingerprint density at radius 2 is 1.94 bits per heavy atom. The van der Waals surface area contributed by atoms with Gasteiger partial charge in [0.25, 0.3) is 0 Å². The molecule has 5 unspecified atom stereocenters. The summed E-state index contributed by atoms with van der Waals surface area (Å²) in [5.41, 5.74) is 0. The molecule has 4 nitrogen and oxygen atoms in total. The number of hydrogen-bond acceptors (Lipinski definition) is 3. The van der Waals surface area contributed by atoms with Crippen molar-refractivity contribution in [3.63, 3.8) is 0 Å². The van der Waals surface area contributed by atoms with Crippen molar-refractivity contribution in [2.45, 2.75) is 57.7 Å². The van der Waals surface area contributed by atoms with Gasteiger partial charge in [0.2, 0.25) is 0 Å². The quantitative estimate of drug-likeness (QED) is 0.679. The van der Waals surface area contributed by atoms with Gasteiger partial charge in [-0.2, -0.15) is 0 Å².